The average Bonchev–Trinajstić information content (AvgIpc) is 3.14. The van der Waals surface area contributed by atoms with E-state index < -0.39 is 34.3 Å². The molecule has 0 unspecified atom stereocenters. The molecule has 35 heavy (non-hydrogen) atoms. The van der Waals surface area contributed by atoms with Crippen molar-refractivity contribution in [1.82, 2.24) is 14.3 Å². The average molecular weight is 493 g/mol. The van der Waals surface area contributed by atoms with Crippen LogP contribution in [0.2, 0.25) is 0 Å². The largest absolute Gasteiger partial charge is 0.499 e. The smallest absolute Gasteiger partial charge is 0.418 e. The second-order valence-electron chi connectivity index (χ2n) is 8.66. The van der Waals surface area contributed by atoms with Gasteiger partial charge in [0.2, 0.25) is 0 Å². The fraction of sp³-hybridized carbons (Fsp3) is 0.375. The Labute approximate surface area is 199 Å². The maximum Gasteiger partial charge on any atom is 0.418 e. The first-order chi connectivity index (χ1) is 16.4. The molecule has 0 N–H and O–H groups in total. The van der Waals surface area contributed by atoms with Gasteiger partial charge in [0.1, 0.15) is 18.0 Å². The van der Waals surface area contributed by atoms with E-state index >= 15 is 0 Å². The van der Waals surface area contributed by atoms with Gasteiger partial charge < -0.3 is 18.8 Å². The number of nitrogens with zero attached hydrogens (tertiary/aromatic N) is 3. The lowest BCUT2D eigenvalue weighted by Gasteiger charge is -2.17. The van der Waals surface area contributed by atoms with E-state index in [4.69, 9.17) is 14.2 Å². The number of halogens is 3. The van der Waals surface area contributed by atoms with Crippen LogP contribution in [0.5, 0.6) is 5.75 Å². The Morgan fingerprint density at radius 1 is 1.14 bits per heavy atom. The zero-order chi connectivity index (χ0) is 25.8. The lowest BCUT2D eigenvalue weighted by atomic mass is 10.2. The Bertz CT molecular complexity index is 1270. The van der Waals surface area contributed by atoms with Crippen molar-refractivity contribution in [2.45, 2.75) is 45.6 Å². The summed E-state index contributed by atoms with van der Waals surface area (Å²) in [5.74, 6) is 0.00832. The summed E-state index contributed by atoms with van der Waals surface area (Å²) < 4.78 is 58.8. The van der Waals surface area contributed by atoms with Gasteiger partial charge in [-0.3, -0.25) is 4.79 Å². The SMILES string of the molecule is COc1ccc(Cn2ncc3c(c(C(F)(F)F)cn3CCO/C=C/C(=O)OC(C)(C)C)c2=O)cc1. The third kappa shape index (κ3) is 6.65. The summed E-state index contributed by atoms with van der Waals surface area (Å²) in [6, 6.07) is 6.78. The first-order valence-electron chi connectivity index (χ1n) is 10.7. The van der Waals surface area contributed by atoms with Crippen molar-refractivity contribution in [1.29, 1.82) is 0 Å². The third-order valence-corrected chi connectivity index (χ3v) is 4.84. The van der Waals surface area contributed by atoms with Crippen molar-refractivity contribution in [2.75, 3.05) is 13.7 Å². The Kier molecular flexibility index (Phi) is 7.57. The molecule has 0 fully saturated rings. The molecular weight excluding hydrogens is 467 g/mol. The Morgan fingerprint density at radius 3 is 2.43 bits per heavy atom. The van der Waals surface area contributed by atoms with Gasteiger partial charge in [-0.05, 0) is 38.5 Å². The van der Waals surface area contributed by atoms with Crippen molar-refractivity contribution >= 4 is 16.9 Å². The summed E-state index contributed by atoms with van der Waals surface area (Å²) in [5, 5.41) is 3.60. The van der Waals surface area contributed by atoms with E-state index in [2.05, 4.69) is 5.10 Å². The normalized spacial score (nSPS) is 12.3. The molecule has 0 saturated carbocycles. The molecule has 0 aliphatic heterocycles. The molecule has 2 heterocycles. The van der Waals surface area contributed by atoms with Crippen LogP contribution in [0.4, 0.5) is 13.2 Å². The van der Waals surface area contributed by atoms with Gasteiger partial charge in [0, 0.05) is 6.20 Å². The number of hydrogen-bond donors (Lipinski definition) is 0. The Balaban J connectivity index is 1.81. The van der Waals surface area contributed by atoms with Gasteiger partial charge >= 0.3 is 12.1 Å². The monoisotopic (exact) mass is 493 g/mol. The fourth-order valence-corrected chi connectivity index (χ4v) is 3.32. The van der Waals surface area contributed by atoms with Crippen LogP contribution >= 0.6 is 0 Å². The van der Waals surface area contributed by atoms with Crippen LogP contribution in [0.3, 0.4) is 0 Å². The van der Waals surface area contributed by atoms with Gasteiger partial charge in [0.25, 0.3) is 5.56 Å². The third-order valence-electron chi connectivity index (χ3n) is 4.84. The van der Waals surface area contributed by atoms with Gasteiger partial charge in [-0.1, -0.05) is 12.1 Å². The van der Waals surface area contributed by atoms with Gasteiger partial charge in [-0.25, -0.2) is 9.48 Å². The lowest BCUT2D eigenvalue weighted by molar-refractivity contribution is -0.148. The number of rotatable bonds is 8. The van der Waals surface area contributed by atoms with E-state index in [9.17, 15) is 22.8 Å². The van der Waals surface area contributed by atoms with Crippen LogP contribution < -0.4 is 10.3 Å². The van der Waals surface area contributed by atoms with Crippen LogP contribution in [0, 0.1) is 0 Å². The molecule has 0 aliphatic carbocycles. The maximum atomic E-state index is 13.7. The van der Waals surface area contributed by atoms with Gasteiger partial charge in [-0.2, -0.15) is 18.3 Å². The summed E-state index contributed by atoms with van der Waals surface area (Å²) >= 11 is 0. The first kappa shape index (κ1) is 25.9. The summed E-state index contributed by atoms with van der Waals surface area (Å²) in [6.07, 6.45) is -0.443. The quantitative estimate of drug-likeness (QED) is 0.203. The molecular formula is C24H26F3N3O5. The molecule has 3 rings (SSSR count). The number of carbonyl (C=O) groups is 1. The molecule has 0 aliphatic rings. The fourth-order valence-electron chi connectivity index (χ4n) is 3.32. The minimum atomic E-state index is -4.74. The molecule has 0 spiro atoms. The number of carbonyl (C=O) groups excluding carboxylic acids is 1. The van der Waals surface area contributed by atoms with Gasteiger partial charge in [0.15, 0.2) is 0 Å². The Morgan fingerprint density at radius 2 is 1.83 bits per heavy atom. The zero-order valence-corrected chi connectivity index (χ0v) is 19.8. The van der Waals surface area contributed by atoms with Crippen molar-refractivity contribution < 1.29 is 32.2 Å². The van der Waals surface area contributed by atoms with Crippen molar-refractivity contribution in [3.8, 4) is 5.75 Å². The maximum absolute atomic E-state index is 13.7. The van der Waals surface area contributed by atoms with Crippen molar-refractivity contribution in [2.24, 2.45) is 0 Å². The molecule has 11 heteroatoms. The van der Waals surface area contributed by atoms with Crippen LogP contribution in [0.25, 0.3) is 10.9 Å². The van der Waals surface area contributed by atoms with E-state index in [1.165, 1.54) is 17.9 Å². The summed E-state index contributed by atoms with van der Waals surface area (Å²) in [6.45, 7) is 5.10. The standard InChI is InChI=1S/C24H26F3N3O5/c1-23(2,3)35-20(31)9-11-34-12-10-29-15-18(24(25,26)27)21-19(29)13-28-30(22(21)32)14-16-5-7-17(33-4)8-6-16/h5-9,11,13,15H,10,12,14H2,1-4H3/b11-9+. The van der Waals surface area contributed by atoms with E-state index in [0.717, 1.165) is 23.2 Å². The molecule has 0 bridgehead atoms. The van der Waals surface area contributed by atoms with Crippen LogP contribution in [-0.4, -0.2) is 39.6 Å². The van der Waals surface area contributed by atoms with Gasteiger partial charge in [-0.15, -0.1) is 0 Å². The summed E-state index contributed by atoms with van der Waals surface area (Å²) in [5.41, 5.74) is -1.85. The van der Waals surface area contributed by atoms with E-state index in [0.29, 0.717) is 11.3 Å². The van der Waals surface area contributed by atoms with E-state index in [-0.39, 0.29) is 25.2 Å². The molecule has 0 amide bonds. The van der Waals surface area contributed by atoms with E-state index in [1.54, 1.807) is 45.0 Å². The zero-order valence-electron chi connectivity index (χ0n) is 19.8. The molecule has 1 aromatic carbocycles. The summed E-state index contributed by atoms with van der Waals surface area (Å²) in [7, 11) is 1.51. The number of methoxy groups -OCH3 is 1. The highest BCUT2D eigenvalue weighted by atomic mass is 19.4. The van der Waals surface area contributed by atoms with Crippen LogP contribution in [-0.2, 0) is 33.5 Å². The number of hydrogen-bond acceptors (Lipinski definition) is 6. The number of alkyl halides is 3. The highest BCUT2D eigenvalue weighted by molar-refractivity contribution is 5.83. The Hall–Kier alpha value is -3.76. The van der Waals surface area contributed by atoms with Crippen LogP contribution in [0.1, 0.15) is 31.9 Å². The highest BCUT2D eigenvalue weighted by Crippen LogP contribution is 2.34. The predicted molar refractivity (Wildman–Crippen MR) is 122 cm³/mol. The first-order valence-corrected chi connectivity index (χ1v) is 10.7. The minimum Gasteiger partial charge on any atom is -0.499 e. The molecule has 188 valence electrons. The molecule has 8 nitrogen and oxygen atoms in total. The molecule has 0 saturated heterocycles. The minimum absolute atomic E-state index is 0.000183. The molecule has 0 atom stereocenters. The lowest BCUT2D eigenvalue weighted by Crippen LogP contribution is -2.24. The molecule has 2 aromatic heterocycles. The van der Waals surface area contributed by atoms with Crippen LogP contribution in [0.15, 0.2) is 53.8 Å². The predicted octanol–water partition coefficient (Wildman–Crippen LogP) is 4.15. The molecule has 0 radical (unpaired) electrons. The molecule has 3 aromatic rings. The second-order valence-corrected chi connectivity index (χ2v) is 8.66. The number of fused-ring (bicyclic) bond motifs is 1. The number of benzene rings is 1. The number of aromatic nitrogens is 3. The topological polar surface area (TPSA) is 84.6 Å². The number of ether oxygens (including phenoxy) is 3. The second kappa shape index (κ2) is 10.2. The van der Waals surface area contributed by atoms with Crippen molar-refractivity contribution in [3.63, 3.8) is 0 Å². The number of esters is 1. The van der Waals surface area contributed by atoms with E-state index in [1.807, 2.05) is 0 Å². The van der Waals surface area contributed by atoms with Crippen molar-refractivity contribution in [3.05, 3.63) is 70.5 Å². The highest BCUT2D eigenvalue weighted by Gasteiger charge is 2.36. The van der Waals surface area contributed by atoms with Gasteiger partial charge in [0.05, 0.1) is 55.2 Å². The summed E-state index contributed by atoms with van der Waals surface area (Å²) in [4.78, 5) is 24.6.